The minimum absolute atomic E-state index is 0.0551. The van der Waals surface area contributed by atoms with Crippen LogP contribution in [-0.4, -0.2) is 45.0 Å². The Hall–Kier alpha value is -3.25. The molecule has 0 fully saturated rings. The first kappa shape index (κ1) is 26.0. The van der Waals surface area contributed by atoms with Gasteiger partial charge in [0.2, 0.25) is 0 Å². The van der Waals surface area contributed by atoms with Crippen molar-refractivity contribution in [3.8, 4) is 11.4 Å². The van der Waals surface area contributed by atoms with Gasteiger partial charge in [0, 0.05) is 26.2 Å². The highest BCUT2D eigenvalue weighted by molar-refractivity contribution is 7.71. The number of hydrogen-bond acceptors (Lipinski definition) is 8. The molecule has 10 nitrogen and oxygen atoms in total. The van der Waals surface area contributed by atoms with Gasteiger partial charge in [-0.25, -0.2) is 28.1 Å². The van der Waals surface area contributed by atoms with Crippen LogP contribution >= 0.6 is 23.8 Å². The minimum Gasteiger partial charge on any atom is -0.477 e. The van der Waals surface area contributed by atoms with Gasteiger partial charge in [-0.2, -0.15) is 0 Å². The molecular weight excluding hydrogens is 481 g/mol. The van der Waals surface area contributed by atoms with Crippen molar-refractivity contribution in [3.05, 3.63) is 60.9 Å². The van der Waals surface area contributed by atoms with E-state index < -0.39 is 40.9 Å². The number of aromatic nitrogens is 3. The Bertz CT molecular complexity index is 1240. The SMILES string of the molecule is CCOC(=O)/C=C/COC(=O)C(C)Oc1cc(-n2c(=O)n(C)c(=S)n(C)c2=O)c(F)cc1Cl. The Morgan fingerprint density at radius 2 is 1.79 bits per heavy atom. The lowest BCUT2D eigenvalue weighted by molar-refractivity contribution is -0.150. The van der Waals surface area contributed by atoms with Gasteiger partial charge in [0.15, 0.2) is 10.9 Å². The fraction of sp³-hybridized carbons (Fsp3) is 0.350. The van der Waals surface area contributed by atoms with E-state index in [4.69, 9.17) is 38.0 Å². The van der Waals surface area contributed by atoms with Gasteiger partial charge in [-0.3, -0.25) is 9.13 Å². The van der Waals surface area contributed by atoms with E-state index in [-0.39, 0.29) is 28.8 Å². The lowest BCUT2D eigenvalue weighted by Gasteiger charge is -2.17. The third-order valence-electron chi connectivity index (χ3n) is 4.27. The molecule has 33 heavy (non-hydrogen) atoms. The number of nitrogens with zero attached hydrogens (tertiary/aromatic N) is 3. The van der Waals surface area contributed by atoms with Crippen molar-refractivity contribution in [2.24, 2.45) is 14.1 Å². The van der Waals surface area contributed by atoms with Crippen molar-refractivity contribution < 1.29 is 28.2 Å². The molecule has 1 aromatic carbocycles. The Kier molecular flexibility index (Phi) is 8.71. The largest absolute Gasteiger partial charge is 0.477 e. The smallest absolute Gasteiger partial charge is 0.347 e. The summed E-state index contributed by atoms with van der Waals surface area (Å²) in [5.74, 6) is -2.52. The van der Waals surface area contributed by atoms with Gasteiger partial charge in [0.1, 0.15) is 18.2 Å². The molecule has 0 bridgehead atoms. The molecule has 0 aliphatic heterocycles. The van der Waals surface area contributed by atoms with Gasteiger partial charge in [0.25, 0.3) is 0 Å². The normalized spacial score (nSPS) is 11.9. The molecule has 0 aliphatic rings. The number of esters is 2. The summed E-state index contributed by atoms with van der Waals surface area (Å²) in [4.78, 5) is 48.5. The molecule has 0 spiro atoms. The highest BCUT2D eigenvalue weighted by atomic mass is 35.5. The summed E-state index contributed by atoms with van der Waals surface area (Å²) in [6.07, 6.45) is 1.21. The molecule has 0 N–H and O–H groups in total. The Morgan fingerprint density at radius 3 is 2.36 bits per heavy atom. The lowest BCUT2D eigenvalue weighted by atomic mass is 10.2. The second-order valence-corrected chi connectivity index (χ2v) is 7.35. The van der Waals surface area contributed by atoms with Crippen LogP contribution < -0.4 is 16.1 Å². The second-order valence-electron chi connectivity index (χ2n) is 6.58. The van der Waals surface area contributed by atoms with Crippen LogP contribution in [0, 0.1) is 10.6 Å². The summed E-state index contributed by atoms with van der Waals surface area (Å²) in [6.45, 7) is 3.00. The molecule has 1 heterocycles. The average molecular weight is 502 g/mol. The van der Waals surface area contributed by atoms with Crippen molar-refractivity contribution in [1.82, 2.24) is 13.7 Å². The van der Waals surface area contributed by atoms with Gasteiger partial charge in [-0.05, 0) is 38.2 Å². The van der Waals surface area contributed by atoms with Crippen LogP contribution in [0.1, 0.15) is 13.8 Å². The summed E-state index contributed by atoms with van der Waals surface area (Å²) >= 11 is 11.0. The molecule has 0 amide bonds. The molecular formula is C20H21ClFN3O7S. The van der Waals surface area contributed by atoms with E-state index in [0.717, 1.165) is 27.3 Å². The van der Waals surface area contributed by atoms with Crippen LogP contribution in [0.15, 0.2) is 33.9 Å². The zero-order chi connectivity index (χ0) is 24.9. The van der Waals surface area contributed by atoms with Gasteiger partial charge in [0.05, 0.1) is 17.3 Å². The molecule has 1 atom stereocenters. The zero-order valence-electron chi connectivity index (χ0n) is 18.2. The summed E-state index contributed by atoms with van der Waals surface area (Å²) in [5.41, 5.74) is -2.20. The van der Waals surface area contributed by atoms with Crippen LogP contribution in [-0.2, 0) is 33.2 Å². The highest BCUT2D eigenvalue weighted by Gasteiger charge is 2.21. The zero-order valence-corrected chi connectivity index (χ0v) is 19.7. The van der Waals surface area contributed by atoms with Crippen LogP contribution in [0.2, 0.25) is 5.02 Å². The topological polar surface area (TPSA) is 111 Å². The molecule has 0 saturated carbocycles. The van der Waals surface area contributed by atoms with Crippen molar-refractivity contribution in [1.29, 1.82) is 0 Å². The molecule has 1 aromatic heterocycles. The first-order valence-corrected chi connectivity index (χ1v) is 10.3. The Balaban J connectivity index is 2.29. The number of carbonyl (C=O) groups excluding carboxylic acids is 2. The molecule has 0 radical (unpaired) electrons. The number of halogens is 2. The number of rotatable bonds is 8. The molecule has 2 aromatic rings. The number of ether oxygens (including phenoxy) is 3. The third-order valence-corrected chi connectivity index (χ3v) is 5.11. The maximum Gasteiger partial charge on any atom is 0.347 e. The molecule has 0 saturated heterocycles. The summed E-state index contributed by atoms with van der Waals surface area (Å²) in [7, 11) is 2.67. The Morgan fingerprint density at radius 1 is 1.18 bits per heavy atom. The minimum atomic E-state index is -1.19. The predicted molar refractivity (Wildman–Crippen MR) is 119 cm³/mol. The van der Waals surface area contributed by atoms with Crippen molar-refractivity contribution in [3.63, 3.8) is 0 Å². The number of hydrogen-bond donors (Lipinski definition) is 0. The van der Waals surface area contributed by atoms with Gasteiger partial charge < -0.3 is 14.2 Å². The van der Waals surface area contributed by atoms with E-state index in [1.807, 2.05) is 0 Å². The summed E-state index contributed by atoms with van der Waals surface area (Å²) < 4.78 is 32.3. The van der Waals surface area contributed by atoms with Crippen molar-refractivity contribution in [2.45, 2.75) is 20.0 Å². The molecule has 178 valence electrons. The third kappa shape index (κ3) is 5.96. The fourth-order valence-corrected chi connectivity index (χ4v) is 2.93. The lowest BCUT2D eigenvalue weighted by Crippen LogP contribution is -2.43. The quantitative estimate of drug-likeness (QED) is 0.306. The van der Waals surface area contributed by atoms with Crippen molar-refractivity contribution >= 4 is 35.8 Å². The van der Waals surface area contributed by atoms with Crippen LogP contribution in [0.4, 0.5) is 4.39 Å². The van der Waals surface area contributed by atoms with E-state index in [1.165, 1.54) is 27.1 Å². The van der Waals surface area contributed by atoms with Crippen LogP contribution in [0.25, 0.3) is 5.69 Å². The fourth-order valence-electron chi connectivity index (χ4n) is 2.58. The van der Waals surface area contributed by atoms with Gasteiger partial charge in [-0.15, -0.1) is 0 Å². The predicted octanol–water partition coefficient (Wildman–Crippen LogP) is 1.83. The molecule has 13 heteroatoms. The monoisotopic (exact) mass is 501 g/mol. The van der Waals surface area contributed by atoms with Crippen LogP contribution in [0.3, 0.4) is 0 Å². The van der Waals surface area contributed by atoms with E-state index in [1.54, 1.807) is 6.92 Å². The molecule has 2 rings (SSSR count). The Labute approximate surface area is 197 Å². The summed E-state index contributed by atoms with van der Waals surface area (Å²) in [5, 5.41) is -0.202. The van der Waals surface area contributed by atoms with Gasteiger partial charge in [-0.1, -0.05) is 11.6 Å². The van der Waals surface area contributed by atoms with Crippen LogP contribution in [0.5, 0.6) is 5.75 Å². The van der Waals surface area contributed by atoms with Gasteiger partial charge >= 0.3 is 23.3 Å². The number of carbonyl (C=O) groups is 2. The first-order valence-electron chi connectivity index (χ1n) is 9.54. The standard InChI is InChI=1S/C20H21ClFN3O7S/c1-5-30-16(26)7-6-8-31-17(27)11(2)32-15-10-14(13(22)9-12(15)21)25-18(28)23(3)20(33)24(4)19(25)29/h6-7,9-11H,5,8H2,1-4H3/b7-6+. The van der Waals surface area contributed by atoms with E-state index >= 15 is 0 Å². The number of benzene rings is 1. The first-order chi connectivity index (χ1) is 15.5. The summed E-state index contributed by atoms with van der Waals surface area (Å²) in [6, 6.07) is 1.87. The maximum atomic E-state index is 14.6. The molecule has 0 aliphatic carbocycles. The van der Waals surface area contributed by atoms with E-state index in [0.29, 0.717) is 4.57 Å². The van der Waals surface area contributed by atoms with Crippen molar-refractivity contribution in [2.75, 3.05) is 13.2 Å². The highest BCUT2D eigenvalue weighted by Crippen LogP contribution is 2.30. The van der Waals surface area contributed by atoms with E-state index in [9.17, 15) is 23.6 Å². The average Bonchev–Trinajstić information content (AvgIpc) is 2.76. The van der Waals surface area contributed by atoms with E-state index in [2.05, 4.69) is 0 Å². The molecule has 1 unspecified atom stereocenters. The second kappa shape index (κ2) is 11.1. The maximum absolute atomic E-state index is 14.6.